The van der Waals surface area contributed by atoms with Crippen LogP contribution in [0.5, 0.6) is 0 Å². The lowest BCUT2D eigenvalue weighted by Crippen LogP contribution is -2.42. The van der Waals surface area contributed by atoms with Gasteiger partial charge in [0.05, 0.1) is 11.4 Å². The second-order valence-corrected chi connectivity index (χ2v) is 5.85. The van der Waals surface area contributed by atoms with Gasteiger partial charge in [0.2, 0.25) is 0 Å². The number of nitrogens with zero attached hydrogens (tertiary/aromatic N) is 3. The molecular weight excluding hydrogens is 292 g/mol. The Hall–Kier alpha value is -1.01. The average molecular weight is 311 g/mol. The monoisotopic (exact) mass is 310 g/mol. The summed E-state index contributed by atoms with van der Waals surface area (Å²) in [6.07, 6.45) is 4.14. The molecule has 1 unspecified atom stereocenters. The molecule has 2 aromatic heterocycles. The number of thiazole rings is 1. The van der Waals surface area contributed by atoms with Gasteiger partial charge in [-0.3, -0.25) is 9.88 Å². The van der Waals surface area contributed by atoms with Crippen molar-refractivity contribution in [2.24, 2.45) is 5.73 Å². The molecule has 0 amide bonds. The maximum Gasteiger partial charge on any atom is 0.142 e. The SMILES string of the molecule is Cl.NC1CCCN(Cc2csc(-c3ccccn3)n2)C1. The van der Waals surface area contributed by atoms with Crippen LogP contribution in [0.25, 0.3) is 10.7 Å². The van der Waals surface area contributed by atoms with E-state index in [4.69, 9.17) is 5.73 Å². The molecule has 0 aliphatic carbocycles. The lowest BCUT2D eigenvalue weighted by molar-refractivity contribution is 0.200. The van der Waals surface area contributed by atoms with Gasteiger partial charge in [-0.05, 0) is 31.5 Å². The van der Waals surface area contributed by atoms with E-state index in [9.17, 15) is 0 Å². The molecule has 20 heavy (non-hydrogen) atoms. The van der Waals surface area contributed by atoms with Crippen LogP contribution in [0.3, 0.4) is 0 Å². The van der Waals surface area contributed by atoms with E-state index in [0.717, 1.165) is 42.5 Å². The molecule has 1 aliphatic heterocycles. The smallest absolute Gasteiger partial charge is 0.142 e. The zero-order chi connectivity index (χ0) is 13.1. The minimum atomic E-state index is 0. The Morgan fingerprint density at radius 1 is 1.40 bits per heavy atom. The molecule has 1 atom stereocenters. The largest absolute Gasteiger partial charge is 0.327 e. The Kier molecular flexibility index (Phi) is 5.48. The summed E-state index contributed by atoms with van der Waals surface area (Å²) in [4.78, 5) is 11.4. The van der Waals surface area contributed by atoms with Crippen molar-refractivity contribution in [3.05, 3.63) is 35.5 Å². The van der Waals surface area contributed by atoms with Gasteiger partial charge in [0.25, 0.3) is 0 Å². The van der Waals surface area contributed by atoms with Crippen LogP contribution in [0.4, 0.5) is 0 Å². The van der Waals surface area contributed by atoms with Gasteiger partial charge >= 0.3 is 0 Å². The zero-order valence-corrected chi connectivity index (χ0v) is 12.9. The van der Waals surface area contributed by atoms with E-state index in [1.165, 1.54) is 6.42 Å². The summed E-state index contributed by atoms with van der Waals surface area (Å²) >= 11 is 1.66. The second kappa shape index (κ2) is 7.13. The summed E-state index contributed by atoms with van der Waals surface area (Å²) in [7, 11) is 0. The lowest BCUT2D eigenvalue weighted by Gasteiger charge is -2.29. The topological polar surface area (TPSA) is 55.0 Å². The van der Waals surface area contributed by atoms with Gasteiger partial charge in [-0.15, -0.1) is 23.7 Å². The Morgan fingerprint density at radius 2 is 2.30 bits per heavy atom. The number of likely N-dealkylation sites (tertiary alicyclic amines) is 1. The van der Waals surface area contributed by atoms with Crippen molar-refractivity contribution in [1.82, 2.24) is 14.9 Å². The normalized spacial score (nSPS) is 19.6. The van der Waals surface area contributed by atoms with E-state index in [1.54, 1.807) is 17.5 Å². The number of aromatic nitrogens is 2. The van der Waals surface area contributed by atoms with Gasteiger partial charge in [0.15, 0.2) is 0 Å². The molecular formula is C14H19ClN4S. The highest BCUT2D eigenvalue weighted by atomic mass is 35.5. The molecule has 4 nitrogen and oxygen atoms in total. The van der Waals surface area contributed by atoms with E-state index < -0.39 is 0 Å². The molecule has 2 aromatic rings. The Morgan fingerprint density at radius 3 is 3.05 bits per heavy atom. The van der Waals surface area contributed by atoms with Crippen LogP contribution < -0.4 is 5.73 Å². The number of hydrogen-bond acceptors (Lipinski definition) is 5. The second-order valence-electron chi connectivity index (χ2n) is 5.00. The Balaban J connectivity index is 0.00000147. The molecule has 0 saturated carbocycles. The molecule has 0 spiro atoms. The molecule has 1 aliphatic rings. The third-order valence-corrected chi connectivity index (χ3v) is 4.28. The molecule has 6 heteroatoms. The number of rotatable bonds is 3. The van der Waals surface area contributed by atoms with Gasteiger partial charge in [-0.2, -0.15) is 0 Å². The van der Waals surface area contributed by atoms with Crippen LogP contribution in [0.1, 0.15) is 18.5 Å². The van der Waals surface area contributed by atoms with Crippen molar-refractivity contribution in [1.29, 1.82) is 0 Å². The summed E-state index contributed by atoms with van der Waals surface area (Å²) in [5, 5.41) is 3.13. The van der Waals surface area contributed by atoms with Crippen molar-refractivity contribution in [3.63, 3.8) is 0 Å². The first kappa shape index (κ1) is 15.4. The highest BCUT2D eigenvalue weighted by Gasteiger charge is 2.17. The zero-order valence-electron chi connectivity index (χ0n) is 11.2. The van der Waals surface area contributed by atoms with Gasteiger partial charge in [0.1, 0.15) is 5.01 Å². The van der Waals surface area contributed by atoms with E-state index in [-0.39, 0.29) is 12.4 Å². The Bertz CT molecular complexity index is 531. The average Bonchev–Trinajstić information content (AvgIpc) is 2.88. The van der Waals surface area contributed by atoms with Crippen molar-refractivity contribution in [3.8, 4) is 10.7 Å². The fourth-order valence-corrected chi connectivity index (χ4v) is 3.24. The number of pyridine rings is 1. The summed E-state index contributed by atoms with van der Waals surface area (Å²) in [6.45, 7) is 3.01. The van der Waals surface area contributed by atoms with Crippen LogP contribution in [0.2, 0.25) is 0 Å². The van der Waals surface area contributed by atoms with Gasteiger partial charge < -0.3 is 5.73 Å². The first-order valence-corrected chi connectivity index (χ1v) is 7.53. The highest BCUT2D eigenvalue weighted by molar-refractivity contribution is 7.13. The van der Waals surface area contributed by atoms with Crippen LogP contribution in [-0.4, -0.2) is 34.0 Å². The van der Waals surface area contributed by atoms with Crippen molar-refractivity contribution in [2.45, 2.75) is 25.4 Å². The molecule has 0 radical (unpaired) electrons. The molecule has 1 saturated heterocycles. The third-order valence-electron chi connectivity index (χ3n) is 3.36. The third kappa shape index (κ3) is 3.76. The number of piperidine rings is 1. The lowest BCUT2D eigenvalue weighted by atomic mass is 10.1. The van der Waals surface area contributed by atoms with Crippen molar-refractivity contribution < 1.29 is 0 Å². The summed E-state index contributed by atoms with van der Waals surface area (Å²) < 4.78 is 0. The van der Waals surface area contributed by atoms with E-state index >= 15 is 0 Å². The van der Waals surface area contributed by atoms with Crippen LogP contribution >= 0.6 is 23.7 Å². The number of hydrogen-bond donors (Lipinski definition) is 1. The van der Waals surface area contributed by atoms with Gasteiger partial charge in [-0.25, -0.2) is 4.98 Å². The molecule has 108 valence electrons. The number of nitrogens with two attached hydrogens (primary N) is 1. The quantitative estimate of drug-likeness (QED) is 0.946. The standard InChI is InChI=1S/C14H18N4S.ClH/c15-11-4-3-7-18(8-11)9-12-10-19-14(17-12)13-5-1-2-6-16-13;/h1-2,5-6,10-11H,3-4,7-9,15H2;1H. The van der Waals surface area contributed by atoms with E-state index in [0.29, 0.717) is 6.04 Å². The van der Waals surface area contributed by atoms with Gasteiger partial charge in [-0.1, -0.05) is 6.07 Å². The summed E-state index contributed by atoms with van der Waals surface area (Å²) in [5.74, 6) is 0. The maximum absolute atomic E-state index is 6.01. The van der Waals surface area contributed by atoms with Crippen LogP contribution in [-0.2, 0) is 6.54 Å². The first-order valence-electron chi connectivity index (χ1n) is 6.65. The molecule has 3 heterocycles. The van der Waals surface area contributed by atoms with Gasteiger partial charge in [0, 0.05) is 30.7 Å². The Labute approximate surface area is 129 Å². The fourth-order valence-electron chi connectivity index (χ4n) is 2.45. The molecule has 1 fully saturated rings. The van der Waals surface area contributed by atoms with Crippen LogP contribution in [0, 0.1) is 0 Å². The summed E-state index contributed by atoms with van der Waals surface area (Å²) in [6, 6.07) is 6.24. The molecule has 3 rings (SSSR count). The van der Waals surface area contributed by atoms with Crippen molar-refractivity contribution in [2.75, 3.05) is 13.1 Å². The first-order chi connectivity index (χ1) is 9.31. The van der Waals surface area contributed by atoms with Crippen LogP contribution in [0.15, 0.2) is 29.8 Å². The minimum absolute atomic E-state index is 0. The molecule has 2 N–H and O–H groups in total. The fraction of sp³-hybridized carbons (Fsp3) is 0.429. The molecule has 0 bridgehead atoms. The minimum Gasteiger partial charge on any atom is -0.327 e. The van der Waals surface area contributed by atoms with Crippen molar-refractivity contribution >= 4 is 23.7 Å². The van der Waals surface area contributed by atoms with E-state index in [2.05, 4.69) is 20.2 Å². The highest BCUT2D eigenvalue weighted by Crippen LogP contribution is 2.22. The molecule has 0 aromatic carbocycles. The van der Waals surface area contributed by atoms with E-state index in [1.807, 2.05) is 18.2 Å². The predicted octanol–water partition coefficient (Wildman–Crippen LogP) is 2.55. The number of halogens is 1. The maximum atomic E-state index is 6.01. The summed E-state index contributed by atoms with van der Waals surface area (Å²) in [5.41, 5.74) is 8.08. The predicted molar refractivity (Wildman–Crippen MR) is 85.1 cm³/mol.